The largest absolute Gasteiger partial charge is 0.478 e. The first-order valence-electron chi connectivity index (χ1n) is 6.18. The molecule has 18 heavy (non-hydrogen) atoms. The summed E-state index contributed by atoms with van der Waals surface area (Å²) in [5.41, 5.74) is 6.93. The number of carboxylic acids is 1. The minimum absolute atomic E-state index is 0.142. The molecule has 0 fully saturated rings. The van der Waals surface area contributed by atoms with Gasteiger partial charge in [0, 0.05) is 13.1 Å². The molecule has 0 aliphatic heterocycles. The summed E-state index contributed by atoms with van der Waals surface area (Å²) in [7, 11) is 0. The van der Waals surface area contributed by atoms with Crippen LogP contribution in [0.3, 0.4) is 0 Å². The Hall–Kier alpha value is -1.75. The molecule has 1 aromatic carbocycles. The second kappa shape index (κ2) is 6.86. The molecule has 0 aliphatic carbocycles. The number of para-hydroxylation sites is 1. The van der Waals surface area contributed by atoms with Gasteiger partial charge in [0.2, 0.25) is 0 Å². The number of carboxylic acid groups (broad SMARTS) is 1. The van der Waals surface area contributed by atoms with Crippen molar-refractivity contribution in [1.29, 1.82) is 0 Å². The van der Waals surface area contributed by atoms with E-state index in [2.05, 4.69) is 24.1 Å². The molecule has 0 unspecified atom stereocenters. The first-order valence-corrected chi connectivity index (χ1v) is 6.18. The maximum Gasteiger partial charge on any atom is 0.337 e. The van der Waals surface area contributed by atoms with Crippen LogP contribution in [0.25, 0.3) is 0 Å². The third-order valence-corrected chi connectivity index (χ3v) is 2.97. The van der Waals surface area contributed by atoms with E-state index in [0.29, 0.717) is 11.4 Å². The molecule has 0 aromatic heterocycles. The second-order valence-electron chi connectivity index (χ2n) is 4.03. The Balaban J connectivity index is 2.63. The number of nitrogens with zero attached hydrogens (tertiary/aromatic N) is 1. The maximum atomic E-state index is 10.9. The van der Waals surface area contributed by atoms with Crippen molar-refractivity contribution in [3.05, 3.63) is 23.8 Å². The van der Waals surface area contributed by atoms with Crippen molar-refractivity contribution in [3.8, 4) is 0 Å². The summed E-state index contributed by atoms with van der Waals surface area (Å²) in [6, 6.07) is 5.00. The van der Waals surface area contributed by atoms with Crippen LogP contribution < -0.4 is 11.1 Å². The molecule has 100 valence electrons. The van der Waals surface area contributed by atoms with Crippen LogP contribution in [-0.2, 0) is 0 Å². The lowest BCUT2D eigenvalue weighted by Crippen LogP contribution is -2.28. The Morgan fingerprint density at radius 2 is 2.06 bits per heavy atom. The quantitative estimate of drug-likeness (QED) is 0.643. The highest BCUT2D eigenvalue weighted by Gasteiger charge is 2.10. The summed E-state index contributed by atoms with van der Waals surface area (Å²) in [4.78, 5) is 13.2. The summed E-state index contributed by atoms with van der Waals surface area (Å²) in [5.74, 6) is -1.00. The molecule has 0 amide bonds. The number of likely N-dealkylation sites (N-methyl/N-ethyl adjacent to an activating group) is 1. The number of hydrogen-bond donors (Lipinski definition) is 3. The Morgan fingerprint density at radius 3 is 2.61 bits per heavy atom. The molecule has 0 bridgehead atoms. The van der Waals surface area contributed by atoms with Crippen molar-refractivity contribution in [2.45, 2.75) is 13.8 Å². The monoisotopic (exact) mass is 251 g/mol. The van der Waals surface area contributed by atoms with Crippen LogP contribution in [0.4, 0.5) is 11.4 Å². The van der Waals surface area contributed by atoms with E-state index >= 15 is 0 Å². The SMILES string of the molecule is CCN(CC)CCNc1cccc(C(=O)O)c1N. The van der Waals surface area contributed by atoms with E-state index in [0.717, 1.165) is 26.2 Å². The molecule has 4 N–H and O–H groups in total. The van der Waals surface area contributed by atoms with E-state index < -0.39 is 5.97 Å². The molecule has 0 saturated heterocycles. The Morgan fingerprint density at radius 1 is 1.39 bits per heavy atom. The molecule has 0 heterocycles. The summed E-state index contributed by atoms with van der Waals surface area (Å²) in [6.45, 7) is 7.89. The van der Waals surface area contributed by atoms with Crippen LogP contribution in [0.2, 0.25) is 0 Å². The predicted octanol–water partition coefficient (Wildman–Crippen LogP) is 1.72. The number of nitrogen functional groups attached to an aromatic ring is 1. The van der Waals surface area contributed by atoms with Gasteiger partial charge in [0.25, 0.3) is 0 Å². The summed E-state index contributed by atoms with van der Waals surface area (Å²) in [6.07, 6.45) is 0. The highest BCUT2D eigenvalue weighted by atomic mass is 16.4. The number of nitrogens with one attached hydrogen (secondary N) is 1. The number of nitrogens with two attached hydrogens (primary N) is 1. The van der Waals surface area contributed by atoms with Gasteiger partial charge in [0.05, 0.1) is 16.9 Å². The molecule has 0 spiro atoms. The first kappa shape index (κ1) is 14.3. The van der Waals surface area contributed by atoms with Gasteiger partial charge in [-0.05, 0) is 25.2 Å². The predicted molar refractivity (Wildman–Crippen MR) is 74.1 cm³/mol. The van der Waals surface area contributed by atoms with Crippen molar-refractivity contribution in [2.24, 2.45) is 0 Å². The number of carbonyl (C=O) groups is 1. The molecule has 0 saturated carbocycles. The second-order valence-corrected chi connectivity index (χ2v) is 4.03. The highest BCUT2D eigenvalue weighted by molar-refractivity contribution is 5.97. The van der Waals surface area contributed by atoms with E-state index in [1.54, 1.807) is 12.1 Å². The lowest BCUT2D eigenvalue weighted by molar-refractivity contribution is 0.0698. The van der Waals surface area contributed by atoms with Gasteiger partial charge in [-0.25, -0.2) is 4.79 Å². The van der Waals surface area contributed by atoms with Crippen molar-refractivity contribution in [1.82, 2.24) is 4.90 Å². The normalized spacial score (nSPS) is 10.6. The van der Waals surface area contributed by atoms with Crippen LogP contribution in [-0.4, -0.2) is 42.2 Å². The van der Waals surface area contributed by atoms with Gasteiger partial charge in [-0.2, -0.15) is 0 Å². The lowest BCUT2D eigenvalue weighted by Gasteiger charge is -2.19. The van der Waals surface area contributed by atoms with Gasteiger partial charge >= 0.3 is 5.97 Å². The minimum atomic E-state index is -1.00. The summed E-state index contributed by atoms with van der Waals surface area (Å²) >= 11 is 0. The smallest absolute Gasteiger partial charge is 0.337 e. The Kier molecular flexibility index (Phi) is 5.45. The Bertz CT molecular complexity index is 403. The summed E-state index contributed by atoms with van der Waals surface area (Å²) in [5, 5.41) is 12.1. The van der Waals surface area contributed by atoms with Crippen LogP contribution in [0.5, 0.6) is 0 Å². The van der Waals surface area contributed by atoms with Crippen LogP contribution in [0.1, 0.15) is 24.2 Å². The molecule has 0 aliphatic rings. The summed E-state index contributed by atoms with van der Waals surface area (Å²) < 4.78 is 0. The molecule has 5 heteroatoms. The molecule has 5 nitrogen and oxygen atoms in total. The highest BCUT2D eigenvalue weighted by Crippen LogP contribution is 2.22. The van der Waals surface area contributed by atoms with E-state index in [9.17, 15) is 4.79 Å². The molecular formula is C13H21N3O2. The fraction of sp³-hybridized carbons (Fsp3) is 0.462. The Labute approximate surface area is 108 Å². The fourth-order valence-electron chi connectivity index (χ4n) is 1.79. The minimum Gasteiger partial charge on any atom is -0.478 e. The molecule has 1 aromatic rings. The standard InChI is InChI=1S/C13H21N3O2/c1-3-16(4-2)9-8-15-11-7-5-6-10(12(11)14)13(17)18/h5-7,15H,3-4,8-9,14H2,1-2H3,(H,17,18). The van der Waals surface area contributed by atoms with Crippen molar-refractivity contribution < 1.29 is 9.90 Å². The van der Waals surface area contributed by atoms with E-state index in [1.165, 1.54) is 6.07 Å². The van der Waals surface area contributed by atoms with Crippen molar-refractivity contribution >= 4 is 17.3 Å². The van der Waals surface area contributed by atoms with Crippen molar-refractivity contribution in [2.75, 3.05) is 37.2 Å². The third-order valence-electron chi connectivity index (χ3n) is 2.97. The first-order chi connectivity index (χ1) is 8.60. The molecule has 0 atom stereocenters. The van der Waals surface area contributed by atoms with Gasteiger partial charge in [0.1, 0.15) is 0 Å². The number of anilines is 2. The topological polar surface area (TPSA) is 78.6 Å². The molecular weight excluding hydrogens is 230 g/mol. The van der Waals surface area contributed by atoms with Gasteiger partial charge in [-0.1, -0.05) is 19.9 Å². The van der Waals surface area contributed by atoms with Crippen LogP contribution >= 0.6 is 0 Å². The maximum absolute atomic E-state index is 10.9. The van der Waals surface area contributed by atoms with E-state index in [-0.39, 0.29) is 5.56 Å². The van der Waals surface area contributed by atoms with Gasteiger partial charge < -0.3 is 21.1 Å². The average Bonchev–Trinajstić information content (AvgIpc) is 2.36. The molecule has 1 rings (SSSR count). The average molecular weight is 251 g/mol. The third kappa shape index (κ3) is 3.63. The number of rotatable bonds is 7. The zero-order valence-electron chi connectivity index (χ0n) is 10.9. The van der Waals surface area contributed by atoms with Crippen molar-refractivity contribution in [3.63, 3.8) is 0 Å². The van der Waals surface area contributed by atoms with Gasteiger partial charge in [0.15, 0.2) is 0 Å². The van der Waals surface area contributed by atoms with E-state index in [4.69, 9.17) is 10.8 Å². The van der Waals surface area contributed by atoms with E-state index in [1.807, 2.05) is 0 Å². The van der Waals surface area contributed by atoms with Crippen LogP contribution in [0.15, 0.2) is 18.2 Å². The van der Waals surface area contributed by atoms with Crippen LogP contribution in [0, 0.1) is 0 Å². The fourth-order valence-corrected chi connectivity index (χ4v) is 1.79. The zero-order chi connectivity index (χ0) is 13.5. The number of hydrogen-bond acceptors (Lipinski definition) is 4. The number of benzene rings is 1. The van der Waals surface area contributed by atoms with Gasteiger partial charge in [-0.15, -0.1) is 0 Å². The zero-order valence-corrected chi connectivity index (χ0v) is 10.9. The lowest BCUT2D eigenvalue weighted by atomic mass is 10.1. The molecule has 0 radical (unpaired) electrons. The van der Waals surface area contributed by atoms with Gasteiger partial charge in [-0.3, -0.25) is 0 Å². The number of aromatic carboxylic acids is 1.